The van der Waals surface area contributed by atoms with Gasteiger partial charge in [0.1, 0.15) is 11.3 Å². The summed E-state index contributed by atoms with van der Waals surface area (Å²) < 4.78 is 7.20. The third kappa shape index (κ3) is 0.637. The van der Waals surface area contributed by atoms with Gasteiger partial charge >= 0.3 is 0 Å². The van der Waals surface area contributed by atoms with Crippen LogP contribution in [0.4, 0.5) is 5.69 Å². The first-order valence-electron chi connectivity index (χ1n) is 3.78. The third-order valence-corrected chi connectivity index (χ3v) is 1.94. The molecule has 0 saturated heterocycles. The van der Waals surface area contributed by atoms with Crippen LogP contribution in [0.3, 0.4) is 0 Å². The number of rotatable bonds is 0. The van der Waals surface area contributed by atoms with Gasteiger partial charge in [-0.25, -0.2) is 0 Å². The Bertz CT molecular complexity index is 397. The van der Waals surface area contributed by atoms with Crippen molar-refractivity contribution in [1.29, 1.82) is 0 Å². The fourth-order valence-corrected chi connectivity index (χ4v) is 1.36. The first-order chi connectivity index (χ1) is 5.93. The fourth-order valence-electron chi connectivity index (χ4n) is 1.36. The normalized spacial score (nSPS) is 14.0. The Morgan fingerprint density at radius 1 is 1.58 bits per heavy atom. The molecule has 0 atom stereocenters. The second-order valence-electron chi connectivity index (χ2n) is 2.70. The van der Waals surface area contributed by atoms with Crippen LogP contribution >= 0.6 is 0 Å². The highest BCUT2D eigenvalue weighted by atomic mass is 16.5. The van der Waals surface area contributed by atoms with E-state index in [1.807, 2.05) is 28.9 Å². The molecule has 1 aliphatic rings. The Hall–Kier alpha value is -1.71. The van der Waals surface area contributed by atoms with Gasteiger partial charge in [-0.15, -0.1) is 0 Å². The molecule has 3 rings (SSSR count). The van der Waals surface area contributed by atoms with E-state index in [0.717, 1.165) is 11.3 Å². The highest BCUT2D eigenvalue weighted by Crippen LogP contribution is 2.26. The number of aromatic nitrogens is 2. The minimum absolute atomic E-state index is 0.523. The Labute approximate surface area is 68.8 Å². The van der Waals surface area contributed by atoms with Crippen molar-refractivity contribution in [3.8, 4) is 5.88 Å². The van der Waals surface area contributed by atoms with Crippen LogP contribution in [-0.4, -0.2) is 16.1 Å². The van der Waals surface area contributed by atoms with Gasteiger partial charge in [0.15, 0.2) is 6.73 Å². The lowest BCUT2D eigenvalue weighted by molar-refractivity contribution is 0.360. The lowest BCUT2D eigenvalue weighted by atomic mass is 10.5. The minimum atomic E-state index is 0.523. The van der Waals surface area contributed by atoms with Crippen molar-refractivity contribution in [2.45, 2.75) is 0 Å². The van der Waals surface area contributed by atoms with Crippen molar-refractivity contribution in [3.05, 3.63) is 24.5 Å². The summed E-state index contributed by atoms with van der Waals surface area (Å²) in [6.45, 7) is 0.523. The molecule has 0 aromatic carbocycles. The molecule has 0 radical (unpaired) electrons. The van der Waals surface area contributed by atoms with Crippen molar-refractivity contribution in [2.24, 2.45) is 0 Å². The molecule has 0 fully saturated rings. The smallest absolute Gasteiger partial charge is 0.242 e. The molecule has 12 heavy (non-hydrogen) atoms. The van der Waals surface area contributed by atoms with E-state index in [2.05, 4.69) is 10.3 Å². The molecule has 0 saturated carbocycles. The Morgan fingerprint density at radius 3 is 3.58 bits per heavy atom. The van der Waals surface area contributed by atoms with Crippen LogP contribution in [0.25, 0.3) is 5.65 Å². The second kappa shape index (κ2) is 1.91. The van der Waals surface area contributed by atoms with Crippen molar-refractivity contribution >= 4 is 11.3 Å². The van der Waals surface area contributed by atoms with Crippen molar-refractivity contribution in [3.63, 3.8) is 0 Å². The summed E-state index contributed by atoms with van der Waals surface area (Å²) in [5.74, 6) is 0.696. The zero-order chi connectivity index (χ0) is 7.97. The van der Waals surface area contributed by atoms with E-state index >= 15 is 0 Å². The molecule has 2 aromatic rings. The van der Waals surface area contributed by atoms with Gasteiger partial charge in [-0.1, -0.05) is 0 Å². The molecule has 60 valence electrons. The molecule has 0 aliphatic carbocycles. The summed E-state index contributed by atoms with van der Waals surface area (Å²) in [7, 11) is 0. The highest BCUT2D eigenvalue weighted by Gasteiger charge is 2.12. The van der Waals surface area contributed by atoms with Gasteiger partial charge in [0.25, 0.3) is 0 Å². The van der Waals surface area contributed by atoms with Gasteiger partial charge < -0.3 is 14.5 Å². The number of nitrogens with zero attached hydrogens (tertiary/aromatic N) is 2. The van der Waals surface area contributed by atoms with E-state index in [1.165, 1.54) is 0 Å². The summed E-state index contributed by atoms with van der Waals surface area (Å²) in [5, 5.41) is 3.08. The molecule has 0 bridgehead atoms. The predicted molar refractivity (Wildman–Crippen MR) is 44.3 cm³/mol. The van der Waals surface area contributed by atoms with Crippen LogP contribution in [0.5, 0.6) is 5.88 Å². The third-order valence-electron chi connectivity index (χ3n) is 1.94. The van der Waals surface area contributed by atoms with Gasteiger partial charge in [-0.05, 0) is 12.1 Å². The highest BCUT2D eigenvalue weighted by molar-refractivity contribution is 5.58. The van der Waals surface area contributed by atoms with Crippen LogP contribution in [-0.2, 0) is 0 Å². The van der Waals surface area contributed by atoms with Crippen molar-refractivity contribution in [1.82, 2.24) is 9.38 Å². The average molecular weight is 161 g/mol. The molecule has 1 N–H and O–H groups in total. The maximum Gasteiger partial charge on any atom is 0.242 e. The number of hydrogen-bond acceptors (Lipinski definition) is 3. The van der Waals surface area contributed by atoms with E-state index in [-0.39, 0.29) is 0 Å². The van der Waals surface area contributed by atoms with E-state index in [0.29, 0.717) is 12.6 Å². The molecule has 3 heterocycles. The monoisotopic (exact) mass is 161 g/mol. The van der Waals surface area contributed by atoms with Crippen LogP contribution in [0, 0.1) is 0 Å². The molecule has 4 heteroatoms. The Kier molecular flexibility index (Phi) is 0.935. The molecule has 0 unspecified atom stereocenters. The van der Waals surface area contributed by atoms with Crippen LogP contribution in [0.15, 0.2) is 24.5 Å². The van der Waals surface area contributed by atoms with E-state index in [1.54, 1.807) is 0 Å². The minimum Gasteiger partial charge on any atom is -0.455 e. The number of nitrogens with one attached hydrogen (secondary N) is 1. The molecule has 0 amide bonds. The number of fused-ring (bicyclic) bond motifs is 2. The number of anilines is 1. The van der Waals surface area contributed by atoms with Crippen molar-refractivity contribution in [2.75, 3.05) is 12.0 Å². The van der Waals surface area contributed by atoms with Crippen LogP contribution in [0.1, 0.15) is 0 Å². The molecule has 2 aromatic heterocycles. The zero-order valence-electron chi connectivity index (χ0n) is 6.32. The quantitative estimate of drug-likeness (QED) is 0.628. The fraction of sp³-hybridized carbons (Fsp3) is 0.125. The van der Waals surface area contributed by atoms with E-state index in [9.17, 15) is 0 Å². The SMILES string of the molecule is c1cc2nc3c(cn2c1)NCO3. The zero-order valence-corrected chi connectivity index (χ0v) is 6.32. The standard InChI is InChI=1S/C8H7N3O/c1-2-7-10-8-6(9-5-12-8)4-11(7)3-1/h1-4,9H,5H2. The number of ether oxygens (including phenoxy) is 1. The predicted octanol–water partition coefficient (Wildman–Crippen LogP) is 1.10. The first-order valence-corrected chi connectivity index (χ1v) is 3.78. The van der Waals surface area contributed by atoms with Gasteiger partial charge in [0, 0.05) is 12.4 Å². The summed E-state index contributed by atoms with van der Waals surface area (Å²) in [6.07, 6.45) is 3.94. The molecule has 4 nitrogen and oxygen atoms in total. The molecule has 1 aliphatic heterocycles. The summed E-state index contributed by atoms with van der Waals surface area (Å²) in [5.41, 5.74) is 1.87. The molecular formula is C8H7N3O. The van der Waals surface area contributed by atoms with Crippen LogP contribution in [0.2, 0.25) is 0 Å². The van der Waals surface area contributed by atoms with E-state index < -0.39 is 0 Å². The maximum atomic E-state index is 5.24. The largest absolute Gasteiger partial charge is 0.455 e. The van der Waals surface area contributed by atoms with E-state index in [4.69, 9.17) is 4.74 Å². The Balaban J connectivity index is 2.38. The summed E-state index contributed by atoms with van der Waals surface area (Å²) in [6, 6.07) is 3.90. The number of hydrogen-bond donors (Lipinski definition) is 1. The lowest BCUT2D eigenvalue weighted by Gasteiger charge is -1.97. The first kappa shape index (κ1) is 5.88. The van der Waals surface area contributed by atoms with Gasteiger partial charge in [-0.2, -0.15) is 4.98 Å². The Morgan fingerprint density at radius 2 is 2.58 bits per heavy atom. The second-order valence-corrected chi connectivity index (χ2v) is 2.70. The van der Waals surface area contributed by atoms with Gasteiger partial charge in [-0.3, -0.25) is 0 Å². The maximum absolute atomic E-state index is 5.24. The van der Waals surface area contributed by atoms with Crippen LogP contribution < -0.4 is 10.1 Å². The topological polar surface area (TPSA) is 38.6 Å². The molecule has 0 spiro atoms. The van der Waals surface area contributed by atoms with Crippen molar-refractivity contribution < 1.29 is 4.74 Å². The van der Waals surface area contributed by atoms with Gasteiger partial charge in [0.2, 0.25) is 5.88 Å². The average Bonchev–Trinajstić information content (AvgIpc) is 2.64. The van der Waals surface area contributed by atoms with Gasteiger partial charge in [0.05, 0.1) is 0 Å². The molecular weight excluding hydrogens is 154 g/mol. The summed E-state index contributed by atoms with van der Waals surface area (Å²) >= 11 is 0. The lowest BCUT2D eigenvalue weighted by Crippen LogP contribution is -1.96. The summed E-state index contributed by atoms with van der Waals surface area (Å²) in [4.78, 5) is 4.29.